The maximum atomic E-state index is 12.8. The minimum atomic E-state index is -1.10. The van der Waals surface area contributed by atoms with E-state index in [1.807, 2.05) is 0 Å². The second kappa shape index (κ2) is 5.35. The number of carboxylic acids is 1. The van der Waals surface area contributed by atoms with E-state index in [1.54, 1.807) is 12.1 Å². The number of phenolic OH excluding ortho intramolecular Hbond substituents is 1. The van der Waals surface area contributed by atoms with Crippen LogP contribution in [0.4, 0.5) is 4.39 Å². The monoisotopic (exact) mass is 258 g/mol. The third-order valence-electron chi connectivity index (χ3n) is 2.59. The van der Waals surface area contributed by atoms with Crippen molar-refractivity contribution in [3.05, 3.63) is 65.5 Å². The molecular formula is C15H11FO3. The number of carboxylic acid groups (broad SMARTS) is 1. The van der Waals surface area contributed by atoms with Crippen LogP contribution in [0.2, 0.25) is 0 Å². The summed E-state index contributed by atoms with van der Waals surface area (Å²) in [6.07, 6.45) is 1.47. The van der Waals surface area contributed by atoms with Crippen molar-refractivity contribution in [3.63, 3.8) is 0 Å². The summed E-state index contributed by atoms with van der Waals surface area (Å²) in [5.74, 6) is -1.41. The van der Waals surface area contributed by atoms with Crippen LogP contribution in [0.5, 0.6) is 5.75 Å². The Hall–Kier alpha value is -2.62. The molecule has 4 heteroatoms. The van der Waals surface area contributed by atoms with Crippen LogP contribution in [-0.4, -0.2) is 16.2 Å². The molecule has 0 fully saturated rings. The minimum Gasteiger partial charge on any atom is -0.508 e. The van der Waals surface area contributed by atoms with E-state index in [0.29, 0.717) is 11.1 Å². The van der Waals surface area contributed by atoms with Crippen LogP contribution in [0.1, 0.15) is 11.1 Å². The van der Waals surface area contributed by atoms with Gasteiger partial charge in [0.1, 0.15) is 11.6 Å². The highest BCUT2D eigenvalue weighted by atomic mass is 19.1. The fraction of sp³-hybridized carbons (Fsp3) is 0. The zero-order valence-electron chi connectivity index (χ0n) is 9.88. The normalized spacial score (nSPS) is 11.3. The SMILES string of the molecule is O=C(O)/C(=C\c1ccc(O)cc1)c1ccc(F)cc1. The van der Waals surface area contributed by atoms with Gasteiger partial charge in [-0.3, -0.25) is 0 Å². The molecule has 0 unspecified atom stereocenters. The van der Waals surface area contributed by atoms with E-state index in [9.17, 15) is 14.3 Å². The van der Waals surface area contributed by atoms with Crippen molar-refractivity contribution in [3.8, 4) is 5.75 Å². The van der Waals surface area contributed by atoms with Crippen LogP contribution < -0.4 is 0 Å². The molecule has 2 N–H and O–H groups in total. The first kappa shape index (κ1) is 12.8. The van der Waals surface area contributed by atoms with Crippen molar-refractivity contribution in [1.82, 2.24) is 0 Å². The van der Waals surface area contributed by atoms with Crippen LogP contribution in [0.25, 0.3) is 11.6 Å². The molecule has 0 radical (unpaired) electrons. The smallest absolute Gasteiger partial charge is 0.336 e. The van der Waals surface area contributed by atoms with Crippen LogP contribution in [0, 0.1) is 5.82 Å². The Labute approximate surface area is 109 Å². The molecule has 0 amide bonds. The lowest BCUT2D eigenvalue weighted by Crippen LogP contribution is -1.99. The first-order chi connectivity index (χ1) is 9.06. The fourth-order valence-corrected chi connectivity index (χ4v) is 1.64. The molecule has 0 heterocycles. The number of aromatic hydroxyl groups is 1. The second-order valence-corrected chi connectivity index (χ2v) is 3.96. The molecule has 2 aromatic carbocycles. The Morgan fingerprint density at radius 3 is 2.11 bits per heavy atom. The number of halogens is 1. The van der Waals surface area contributed by atoms with Gasteiger partial charge in [0, 0.05) is 0 Å². The fourth-order valence-electron chi connectivity index (χ4n) is 1.64. The third kappa shape index (κ3) is 3.19. The minimum absolute atomic E-state index is 0.0608. The van der Waals surface area contributed by atoms with E-state index < -0.39 is 11.8 Å². The van der Waals surface area contributed by atoms with Gasteiger partial charge in [-0.2, -0.15) is 0 Å². The van der Waals surface area contributed by atoms with Crippen LogP contribution in [0.3, 0.4) is 0 Å². The maximum absolute atomic E-state index is 12.8. The molecule has 0 saturated carbocycles. The van der Waals surface area contributed by atoms with Gasteiger partial charge in [0.15, 0.2) is 0 Å². The van der Waals surface area contributed by atoms with Crippen LogP contribution in [-0.2, 0) is 4.79 Å². The number of phenols is 1. The van der Waals surface area contributed by atoms with Crippen LogP contribution in [0.15, 0.2) is 48.5 Å². The van der Waals surface area contributed by atoms with Crippen molar-refractivity contribution in [2.45, 2.75) is 0 Å². The number of carbonyl (C=O) groups is 1. The molecule has 0 bridgehead atoms. The van der Waals surface area contributed by atoms with E-state index in [-0.39, 0.29) is 11.3 Å². The lowest BCUT2D eigenvalue weighted by molar-refractivity contribution is -0.130. The standard InChI is InChI=1S/C15H11FO3/c16-12-5-3-11(4-6-12)14(15(18)19)9-10-1-7-13(17)8-2-10/h1-9,17H,(H,18,19)/b14-9-. The molecule has 19 heavy (non-hydrogen) atoms. The highest BCUT2D eigenvalue weighted by Gasteiger charge is 2.10. The van der Waals surface area contributed by atoms with E-state index in [2.05, 4.69) is 0 Å². The number of rotatable bonds is 3. The number of hydrogen-bond acceptors (Lipinski definition) is 2. The van der Waals surface area contributed by atoms with Gasteiger partial charge in [0.2, 0.25) is 0 Å². The van der Waals surface area contributed by atoms with Gasteiger partial charge in [-0.05, 0) is 41.5 Å². The molecule has 2 rings (SSSR count). The van der Waals surface area contributed by atoms with Gasteiger partial charge in [0.25, 0.3) is 0 Å². The van der Waals surface area contributed by atoms with Gasteiger partial charge in [-0.1, -0.05) is 24.3 Å². The molecule has 2 aromatic rings. The van der Waals surface area contributed by atoms with Gasteiger partial charge >= 0.3 is 5.97 Å². The molecule has 0 aliphatic carbocycles. The predicted molar refractivity (Wildman–Crippen MR) is 70.0 cm³/mol. The summed E-state index contributed by atoms with van der Waals surface area (Å²) in [7, 11) is 0. The highest BCUT2D eigenvalue weighted by molar-refractivity contribution is 6.20. The summed E-state index contributed by atoms with van der Waals surface area (Å²) < 4.78 is 12.8. The van der Waals surface area contributed by atoms with Crippen molar-refractivity contribution < 1.29 is 19.4 Å². The molecule has 0 atom stereocenters. The topological polar surface area (TPSA) is 57.5 Å². The average Bonchev–Trinajstić information content (AvgIpc) is 2.39. The van der Waals surface area contributed by atoms with Gasteiger partial charge < -0.3 is 10.2 Å². The molecule has 0 aromatic heterocycles. The van der Waals surface area contributed by atoms with Crippen molar-refractivity contribution >= 4 is 17.6 Å². The van der Waals surface area contributed by atoms with E-state index in [1.165, 1.54) is 42.5 Å². The lowest BCUT2D eigenvalue weighted by Gasteiger charge is -2.03. The zero-order valence-corrected chi connectivity index (χ0v) is 9.88. The van der Waals surface area contributed by atoms with Gasteiger partial charge in [-0.25, -0.2) is 9.18 Å². The molecule has 3 nitrogen and oxygen atoms in total. The summed E-state index contributed by atoms with van der Waals surface area (Å²) in [6.45, 7) is 0. The predicted octanol–water partition coefficient (Wildman–Crippen LogP) is 3.16. The van der Waals surface area contributed by atoms with E-state index in [4.69, 9.17) is 5.11 Å². The average molecular weight is 258 g/mol. The zero-order chi connectivity index (χ0) is 13.8. The molecule has 96 valence electrons. The lowest BCUT2D eigenvalue weighted by atomic mass is 10.0. The summed E-state index contributed by atoms with van der Waals surface area (Å²) in [5, 5.41) is 18.4. The Bertz CT molecular complexity index is 613. The number of aliphatic carboxylic acids is 1. The Kier molecular flexibility index (Phi) is 3.61. The molecule has 0 saturated heterocycles. The quantitative estimate of drug-likeness (QED) is 0.656. The summed E-state index contributed by atoms with van der Waals surface area (Å²) in [6, 6.07) is 11.4. The number of hydrogen-bond donors (Lipinski definition) is 2. The Balaban J connectivity index is 2.43. The Morgan fingerprint density at radius 1 is 1.00 bits per heavy atom. The van der Waals surface area contributed by atoms with E-state index >= 15 is 0 Å². The first-order valence-electron chi connectivity index (χ1n) is 5.56. The number of benzene rings is 2. The summed E-state index contributed by atoms with van der Waals surface area (Å²) >= 11 is 0. The van der Waals surface area contributed by atoms with Crippen molar-refractivity contribution in [2.24, 2.45) is 0 Å². The molecule has 0 spiro atoms. The maximum Gasteiger partial charge on any atom is 0.336 e. The second-order valence-electron chi connectivity index (χ2n) is 3.96. The third-order valence-corrected chi connectivity index (χ3v) is 2.59. The molecule has 0 aliphatic heterocycles. The summed E-state index contributed by atoms with van der Waals surface area (Å²) in [4.78, 5) is 11.2. The van der Waals surface area contributed by atoms with Crippen LogP contribution >= 0.6 is 0 Å². The van der Waals surface area contributed by atoms with Crippen molar-refractivity contribution in [1.29, 1.82) is 0 Å². The highest BCUT2D eigenvalue weighted by Crippen LogP contribution is 2.20. The molecular weight excluding hydrogens is 247 g/mol. The van der Waals surface area contributed by atoms with Gasteiger partial charge in [-0.15, -0.1) is 0 Å². The molecule has 0 aliphatic rings. The van der Waals surface area contributed by atoms with E-state index in [0.717, 1.165) is 0 Å². The Morgan fingerprint density at radius 2 is 1.58 bits per heavy atom. The van der Waals surface area contributed by atoms with Crippen molar-refractivity contribution in [2.75, 3.05) is 0 Å². The largest absolute Gasteiger partial charge is 0.508 e. The van der Waals surface area contributed by atoms with Gasteiger partial charge in [0.05, 0.1) is 5.57 Å². The first-order valence-corrected chi connectivity index (χ1v) is 5.56. The summed E-state index contributed by atoms with van der Waals surface area (Å²) in [5.41, 5.74) is 1.12.